The Balaban J connectivity index is 1.40. The first kappa shape index (κ1) is 21.5. The van der Waals surface area contributed by atoms with E-state index in [0.717, 1.165) is 12.0 Å². The molecule has 1 saturated heterocycles. The molecule has 0 aromatic heterocycles. The van der Waals surface area contributed by atoms with E-state index in [1.165, 1.54) is 16.1 Å². The summed E-state index contributed by atoms with van der Waals surface area (Å²) in [7, 11) is -3.21. The topological polar surface area (TPSA) is 86.8 Å². The lowest BCUT2D eigenvalue weighted by atomic mass is 9.96. The van der Waals surface area contributed by atoms with E-state index in [1.54, 1.807) is 0 Å². The van der Waals surface area contributed by atoms with Crippen molar-refractivity contribution in [2.45, 2.75) is 25.8 Å². The lowest BCUT2D eigenvalue weighted by Gasteiger charge is -2.30. The van der Waals surface area contributed by atoms with Crippen molar-refractivity contribution in [3.05, 3.63) is 65.2 Å². The molecule has 0 radical (unpaired) electrons. The van der Waals surface area contributed by atoms with Gasteiger partial charge in [-0.05, 0) is 54.7 Å². The first-order valence-corrected chi connectivity index (χ1v) is 12.4. The predicted molar refractivity (Wildman–Crippen MR) is 119 cm³/mol. The van der Waals surface area contributed by atoms with Gasteiger partial charge in [-0.25, -0.2) is 12.7 Å². The molecular formula is C23H27N3O4S. The number of amides is 2. The number of piperidine rings is 1. The van der Waals surface area contributed by atoms with Gasteiger partial charge < -0.3 is 10.2 Å². The Morgan fingerprint density at radius 3 is 2.35 bits per heavy atom. The van der Waals surface area contributed by atoms with Gasteiger partial charge >= 0.3 is 0 Å². The summed E-state index contributed by atoms with van der Waals surface area (Å²) < 4.78 is 24.7. The van der Waals surface area contributed by atoms with Crippen LogP contribution in [0.15, 0.2) is 48.5 Å². The molecule has 2 aromatic rings. The number of hydrogen-bond acceptors (Lipinski definition) is 4. The van der Waals surface area contributed by atoms with Crippen LogP contribution in [0.2, 0.25) is 0 Å². The molecule has 0 saturated carbocycles. The highest BCUT2D eigenvalue weighted by Gasteiger charge is 2.29. The summed E-state index contributed by atoms with van der Waals surface area (Å²) in [5.74, 6) is -0.273. The van der Waals surface area contributed by atoms with Gasteiger partial charge in [-0.1, -0.05) is 24.3 Å². The molecule has 0 aliphatic carbocycles. The van der Waals surface area contributed by atoms with Gasteiger partial charge in [0, 0.05) is 43.3 Å². The highest BCUT2D eigenvalue weighted by Crippen LogP contribution is 2.26. The van der Waals surface area contributed by atoms with Gasteiger partial charge in [0.25, 0.3) is 5.91 Å². The summed E-state index contributed by atoms with van der Waals surface area (Å²) in [6.07, 6.45) is 3.02. The average Bonchev–Trinajstić information content (AvgIpc) is 2.78. The predicted octanol–water partition coefficient (Wildman–Crippen LogP) is 2.50. The zero-order chi connectivity index (χ0) is 22.0. The fourth-order valence-electron chi connectivity index (χ4n) is 4.27. The Labute approximate surface area is 183 Å². The molecule has 31 heavy (non-hydrogen) atoms. The van der Waals surface area contributed by atoms with E-state index in [-0.39, 0.29) is 17.7 Å². The largest absolute Gasteiger partial charge is 0.334 e. The average molecular weight is 442 g/mol. The summed E-state index contributed by atoms with van der Waals surface area (Å²) in [5, 5.41) is 2.98. The molecule has 164 valence electrons. The van der Waals surface area contributed by atoms with Crippen molar-refractivity contribution < 1.29 is 18.0 Å². The maximum Gasteiger partial charge on any atom is 0.254 e. The number of anilines is 1. The maximum atomic E-state index is 12.8. The summed E-state index contributed by atoms with van der Waals surface area (Å²) in [6.45, 7) is 1.93. The summed E-state index contributed by atoms with van der Waals surface area (Å²) in [6, 6.07) is 15.1. The molecule has 0 atom stereocenters. The number of fused-ring (bicyclic) bond motifs is 1. The third kappa shape index (κ3) is 4.97. The van der Waals surface area contributed by atoms with Crippen LogP contribution >= 0.6 is 0 Å². The molecule has 2 aromatic carbocycles. The molecule has 1 fully saturated rings. The van der Waals surface area contributed by atoms with E-state index >= 15 is 0 Å². The Hall–Kier alpha value is -2.71. The van der Waals surface area contributed by atoms with Crippen molar-refractivity contribution in [2.24, 2.45) is 5.92 Å². The highest BCUT2D eigenvalue weighted by atomic mass is 32.2. The number of carbonyl (C=O) groups is 2. The van der Waals surface area contributed by atoms with E-state index in [9.17, 15) is 18.0 Å². The second kappa shape index (κ2) is 8.80. The third-order valence-electron chi connectivity index (χ3n) is 6.09. The van der Waals surface area contributed by atoms with Gasteiger partial charge in [0.05, 0.1) is 6.26 Å². The molecule has 2 heterocycles. The number of nitrogens with zero attached hydrogens (tertiary/aromatic N) is 2. The molecule has 0 bridgehead atoms. The number of rotatable bonds is 4. The first-order chi connectivity index (χ1) is 14.8. The quantitative estimate of drug-likeness (QED) is 0.790. The molecule has 0 spiro atoms. The maximum absolute atomic E-state index is 12.8. The molecule has 8 heteroatoms. The Morgan fingerprint density at radius 1 is 0.968 bits per heavy atom. The van der Waals surface area contributed by atoms with Crippen LogP contribution in [-0.4, -0.2) is 55.3 Å². The standard InChI is InChI=1S/C23H27N3O4S/c1-31(29,30)26-13-10-18(11-14-26)22(27)24-21-8-7-17-9-12-25(16-20(17)15-21)23(28)19-5-3-2-4-6-19/h2-8,15,18H,9-14,16H2,1H3,(H,24,27). The number of carbonyl (C=O) groups excluding carboxylic acids is 2. The van der Waals surface area contributed by atoms with Gasteiger partial charge in [0.2, 0.25) is 15.9 Å². The smallest absolute Gasteiger partial charge is 0.254 e. The molecule has 4 rings (SSSR count). The first-order valence-electron chi connectivity index (χ1n) is 10.5. The van der Waals surface area contributed by atoms with E-state index in [4.69, 9.17) is 0 Å². The van der Waals surface area contributed by atoms with Crippen LogP contribution in [0.5, 0.6) is 0 Å². The Morgan fingerprint density at radius 2 is 1.68 bits per heavy atom. The van der Waals surface area contributed by atoms with Crippen LogP contribution in [0.25, 0.3) is 0 Å². The summed E-state index contributed by atoms with van der Waals surface area (Å²) in [4.78, 5) is 27.3. The van der Waals surface area contributed by atoms with Crippen molar-refractivity contribution >= 4 is 27.5 Å². The molecule has 0 unspecified atom stereocenters. The Kier molecular flexibility index (Phi) is 6.11. The van der Waals surface area contributed by atoms with Crippen LogP contribution in [0, 0.1) is 5.92 Å². The number of sulfonamides is 1. The molecule has 7 nitrogen and oxygen atoms in total. The summed E-state index contributed by atoms with van der Waals surface area (Å²) >= 11 is 0. The fraction of sp³-hybridized carbons (Fsp3) is 0.391. The van der Waals surface area contributed by atoms with Gasteiger partial charge in [-0.15, -0.1) is 0 Å². The minimum atomic E-state index is -3.21. The van der Waals surface area contributed by atoms with Gasteiger partial charge in [0.1, 0.15) is 0 Å². The van der Waals surface area contributed by atoms with Crippen LogP contribution in [-0.2, 0) is 27.8 Å². The van der Waals surface area contributed by atoms with Crippen molar-refractivity contribution in [2.75, 3.05) is 31.2 Å². The van der Waals surface area contributed by atoms with E-state index in [2.05, 4.69) is 5.32 Å². The second-order valence-electron chi connectivity index (χ2n) is 8.25. The molecule has 2 amide bonds. The van der Waals surface area contributed by atoms with Gasteiger partial charge in [-0.3, -0.25) is 9.59 Å². The third-order valence-corrected chi connectivity index (χ3v) is 7.39. The second-order valence-corrected chi connectivity index (χ2v) is 10.2. The highest BCUT2D eigenvalue weighted by molar-refractivity contribution is 7.88. The van der Waals surface area contributed by atoms with Crippen molar-refractivity contribution in [3.8, 4) is 0 Å². The van der Waals surface area contributed by atoms with Crippen LogP contribution in [0.4, 0.5) is 5.69 Å². The van der Waals surface area contributed by atoms with Gasteiger partial charge in [0.15, 0.2) is 0 Å². The monoisotopic (exact) mass is 441 g/mol. The zero-order valence-electron chi connectivity index (χ0n) is 17.6. The van der Waals surface area contributed by atoms with Crippen molar-refractivity contribution in [1.82, 2.24) is 9.21 Å². The lowest BCUT2D eigenvalue weighted by molar-refractivity contribution is -0.120. The van der Waals surface area contributed by atoms with Gasteiger partial charge in [-0.2, -0.15) is 0 Å². The minimum Gasteiger partial charge on any atom is -0.334 e. The van der Waals surface area contributed by atoms with E-state index in [1.807, 2.05) is 53.4 Å². The zero-order valence-corrected chi connectivity index (χ0v) is 18.4. The van der Waals surface area contributed by atoms with Crippen molar-refractivity contribution in [1.29, 1.82) is 0 Å². The van der Waals surface area contributed by atoms with Crippen LogP contribution in [0.3, 0.4) is 0 Å². The normalized spacial score (nSPS) is 17.8. The van der Waals surface area contributed by atoms with E-state index in [0.29, 0.717) is 50.3 Å². The SMILES string of the molecule is CS(=O)(=O)N1CCC(C(=O)Nc2ccc3c(c2)CN(C(=O)c2ccccc2)CC3)CC1. The number of benzene rings is 2. The van der Waals surface area contributed by atoms with Crippen LogP contribution in [0.1, 0.15) is 34.3 Å². The molecule has 2 aliphatic heterocycles. The van der Waals surface area contributed by atoms with E-state index < -0.39 is 10.0 Å². The van der Waals surface area contributed by atoms with Crippen LogP contribution < -0.4 is 5.32 Å². The number of hydrogen-bond donors (Lipinski definition) is 1. The minimum absolute atomic E-state index is 0.0123. The molecule has 2 aliphatic rings. The summed E-state index contributed by atoms with van der Waals surface area (Å²) in [5.41, 5.74) is 3.62. The molecule has 1 N–H and O–H groups in total. The lowest BCUT2D eigenvalue weighted by Crippen LogP contribution is -2.41. The number of nitrogens with one attached hydrogen (secondary N) is 1. The molecular weight excluding hydrogens is 414 g/mol. The fourth-order valence-corrected chi connectivity index (χ4v) is 5.14. The Bertz CT molecular complexity index is 1080. The van der Waals surface area contributed by atoms with Crippen molar-refractivity contribution in [3.63, 3.8) is 0 Å².